The van der Waals surface area contributed by atoms with E-state index in [2.05, 4.69) is 0 Å². The first kappa shape index (κ1) is 13.1. The second kappa shape index (κ2) is 5.98. The number of ether oxygens (including phenoxy) is 3. The van der Waals surface area contributed by atoms with Crippen molar-refractivity contribution in [1.29, 1.82) is 0 Å². The molecule has 3 atom stereocenters. The molecule has 0 saturated carbocycles. The van der Waals surface area contributed by atoms with E-state index in [0.29, 0.717) is 12.2 Å². The minimum atomic E-state index is -0.331. The fourth-order valence-corrected chi connectivity index (χ4v) is 2.18. The van der Waals surface area contributed by atoms with Gasteiger partial charge in [-0.25, -0.2) is 4.79 Å². The fourth-order valence-electron chi connectivity index (χ4n) is 2.18. The van der Waals surface area contributed by atoms with Crippen molar-refractivity contribution in [2.45, 2.75) is 31.7 Å². The third kappa shape index (κ3) is 2.71. The molecule has 0 aromatic heterocycles. The molecule has 1 aromatic rings. The Labute approximate surface area is 107 Å². The lowest BCUT2D eigenvalue weighted by atomic mass is 10.1. The van der Waals surface area contributed by atoms with E-state index in [9.17, 15) is 4.79 Å². The van der Waals surface area contributed by atoms with Gasteiger partial charge in [-0.2, -0.15) is 0 Å². The first-order valence-corrected chi connectivity index (χ1v) is 6.16. The van der Waals surface area contributed by atoms with E-state index in [1.165, 1.54) is 0 Å². The smallest absolute Gasteiger partial charge is 0.338 e. The first-order valence-electron chi connectivity index (χ1n) is 6.16. The van der Waals surface area contributed by atoms with E-state index in [1.807, 2.05) is 25.1 Å². The second-order valence-electron chi connectivity index (χ2n) is 4.29. The third-order valence-electron chi connectivity index (χ3n) is 3.15. The molecule has 98 valence electrons. The summed E-state index contributed by atoms with van der Waals surface area (Å²) in [6.45, 7) is 2.42. The highest BCUT2D eigenvalue weighted by molar-refractivity contribution is 5.89. The summed E-state index contributed by atoms with van der Waals surface area (Å²) in [4.78, 5) is 11.9. The van der Waals surface area contributed by atoms with Gasteiger partial charge in [0, 0.05) is 7.11 Å². The molecule has 4 heteroatoms. The molecule has 0 amide bonds. The minimum Gasteiger partial charge on any atom is -0.453 e. The molecule has 18 heavy (non-hydrogen) atoms. The van der Waals surface area contributed by atoms with Crippen molar-refractivity contribution in [2.24, 2.45) is 0 Å². The first-order chi connectivity index (χ1) is 8.76. The van der Waals surface area contributed by atoms with Gasteiger partial charge in [-0.3, -0.25) is 0 Å². The van der Waals surface area contributed by atoms with Gasteiger partial charge in [-0.15, -0.1) is 0 Å². The molecule has 0 bridgehead atoms. The van der Waals surface area contributed by atoms with Crippen molar-refractivity contribution in [3.05, 3.63) is 35.9 Å². The molecule has 2 rings (SSSR count). The highest BCUT2D eigenvalue weighted by atomic mass is 16.6. The highest BCUT2D eigenvalue weighted by Crippen LogP contribution is 2.23. The summed E-state index contributed by atoms with van der Waals surface area (Å²) in [7, 11) is 1.62. The van der Waals surface area contributed by atoms with Crippen LogP contribution in [0, 0.1) is 0 Å². The Bertz CT molecular complexity index is 390. The molecular formula is C14H18O4. The van der Waals surface area contributed by atoms with E-state index in [0.717, 1.165) is 6.42 Å². The molecule has 1 aliphatic rings. The Morgan fingerprint density at radius 1 is 1.39 bits per heavy atom. The quantitative estimate of drug-likeness (QED) is 0.767. The van der Waals surface area contributed by atoms with Crippen molar-refractivity contribution >= 4 is 5.97 Å². The van der Waals surface area contributed by atoms with Crippen LogP contribution in [0.25, 0.3) is 0 Å². The van der Waals surface area contributed by atoms with Crippen LogP contribution >= 0.6 is 0 Å². The van der Waals surface area contributed by atoms with Crippen molar-refractivity contribution in [3.63, 3.8) is 0 Å². The molecular weight excluding hydrogens is 232 g/mol. The Morgan fingerprint density at radius 3 is 2.72 bits per heavy atom. The predicted molar refractivity (Wildman–Crippen MR) is 66.5 cm³/mol. The predicted octanol–water partition coefficient (Wildman–Crippen LogP) is 2.04. The van der Waals surface area contributed by atoms with Gasteiger partial charge in [0.1, 0.15) is 6.10 Å². The van der Waals surface area contributed by atoms with Crippen LogP contribution in [0.1, 0.15) is 23.7 Å². The molecule has 0 aliphatic carbocycles. The van der Waals surface area contributed by atoms with Gasteiger partial charge in [0.05, 0.1) is 18.3 Å². The number of hydrogen-bond acceptors (Lipinski definition) is 4. The molecule has 0 N–H and O–H groups in total. The van der Waals surface area contributed by atoms with Crippen LogP contribution in [0.5, 0.6) is 0 Å². The largest absolute Gasteiger partial charge is 0.453 e. The summed E-state index contributed by atoms with van der Waals surface area (Å²) < 4.78 is 16.4. The van der Waals surface area contributed by atoms with Crippen molar-refractivity contribution in [3.8, 4) is 0 Å². The number of esters is 1. The maximum absolute atomic E-state index is 11.9. The zero-order valence-electron chi connectivity index (χ0n) is 10.7. The van der Waals surface area contributed by atoms with Gasteiger partial charge >= 0.3 is 5.97 Å². The van der Waals surface area contributed by atoms with Gasteiger partial charge in [-0.1, -0.05) is 25.1 Å². The number of benzene rings is 1. The van der Waals surface area contributed by atoms with Crippen LogP contribution in [-0.4, -0.2) is 38.0 Å². The lowest BCUT2D eigenvalue weighted by molar-refractivity contribution is -0.0270. The van der Waals surface area contributed by atoms with Crippen molar-refractivity contribution < 1.29 is 19.0 Å². The normalized spacial score (nSPS) is 27.1. The van der Waals surface area contributed by atoms with Crippen molar-refractivity contribution in [1.82, 2.24) is 0 Å². The minimum absolute atomic E-state index is 0.00331. The molecule has 1 aromatic carbocycles. The summed E-state index contributed by atoms with van der Waals surface area (Å²) in [5, 5.41) is 0. The van der Waals surface area contributed by atoms with E-state index >= 15 is 0 Å². The summed E-state index contributed by atoms with van der Waals surface area (Å²) >= 11 is 0. The highest BCUT2D eigenvalue weighted by Gasteiger charge is 2.39. The zero-order valence-corrected chi connectivity index (χ0v) is 10.7. The van der Waals surface area contributed by atoms with Crippen LogP contribution in [-0.2, 0) is 14.2 Å². The van der Waals surface area contributed by atoms with E-state index < -0.39 is 0 Å². The van der Waals surface area contributed by atoms with Crippen LogP contribution in [0.15, 0.2) is 30.3 Å². The third-order valence-corrected chi connectivity index (χ3v) is 3.15. The molecule has 0 unspecified atom stereocenters. The molecule has 1 fully saturated rings. The number of carbonyl (C=O) groups excluding carboxylic acids is 1. The molecule has 0 radical (unpaired) electrons. The summed E-state index contributed by atoms with van der Waals surface area (Å²) in [5.74, 6) is -0.331. The standard InChI is InChI=1S/C14H18O4/c1-3-11-13(16-2)12(9-17-11)18-14(15)10-7-5-4-6-8-10/h4-8,11-13H,3,9H2,1-2H3/t11-,12-,13+/m1/s1. The SMILES string of the molecule is CC[C@H]1OC[C@@H](OC(=O)c2ccccc2)[C@H]1OC. The van der Waals surface area contributed by atoms with Crippen LogP contribution in [0.2, 0.25) is 0 Å². The topological polar surface area (TPSA) is 44.8 Å². The molecule has 1 saturated heterocycles. The number of carbonyl (C=O) groups is 1. The summed E-state index contributed by atoms with van der Waals surface area (Å²) in [6, 6.07) is 8.95. The Kier molecular flexibility index (Phi) is 4.33. The molecule has 1 heterocycles. The van der Waals surface area contributed by atoms with E-state index in [4.69, 9.17) is 14.2 Å². The van der Waals surface area contributed by atoms with Crippen LogP contribution < -0.4 is 0 Å². The molecule has 1 aliphatic heterocycles. The second-order valence-corrected chi connectivity index (χ2v) is 4.29. The van der Waals surface area contributed by atoms with Gasteiger partial charge < -0.3 is 14.2 Å². The average Bonchev–Trinajstić information content (AvgIpc) is 2.81. The maximum atomic E-state index is 11.9. The molecule has 4 nitrogen and oxygen atoms in total. The van der Waals surface area contributed by atoms with Gasteiger partial charge in [-0.05, 0) is 18.6 Å². The summed E-state index contributed by atoms with van der Waals surface area (Å²) in [5.41, 5.74) is 0.548. The van der Waals surface area contributed by atoms with Crippen LogP contribution in [0.4, 0.5) is 0 Å². The number of hydrogen-bond donors (Lipinski definition) is 0. The number of rotatable bonds is 4. The Morgan fingerprint density at radius 2 is 2.11 bits per heavy atom. The van der Waals surface area contributed by atoms with Gasteiger partial charge in [0.2, 0.25) is 0 Å². The Balaban J connectivity index is 2.00. The Hall–Kier alpha value is -1.39. The number of methoxy groups -OCH3 is 1. The zero-order chi connectivity index (χ0) is 13.0. The maximum Gasteiger partial charge on any atom is 0.338 e. The van der Waals surface area contributed by atoms with Gasteiger partial charge in [0.15, 0.2) is 6.10 Å². The summed E-state index contributed by atoms with van der Waals surface area (Å²) in [6.07, 6.45) is 0.344. The van der Waals surface area contributed by atoms with E-state index in [1.54, 1.807) is 19.2 Å². The van der Waals surface area contributed by atoms with E-state index in [-0.39, 0.29) is 24.3 Å². The van der Waals surface area contributed by atoms with Crippen LogP contribution in [0.3, 0.4) is 0 Å². The van der Waals surface area contributed by atoms with Crippen molar-refractivity contribution in [2.75, 3.05) is 13.7 Å². The monoisotopic (exact) mass is 250 g/mol. The lowest BCUT2D eigenvalue weighted by Crippen LogP contribution is -2.35. The average molecular weight is 250 g/mol. The molecule has 0 spiro atoms. The lowest BCUT2D eigenvalue weighted by Gasteiger charge is -2.20. The fraction of sp³-hybridized carbons (Fsp3) is 0.500. The van der Waals surface area contributed by atoms with Gasteiger partial charge in [0.25, 0.3) is 0 Å².